The summed E-state index contributed by atoms with van der Waals surface area (Å²) in [5.74, 6) is 2.96. The first-order valence-electron chi connectivity index (χ1n) is 6.63. The van der Waals surface area contributed by atoms with Gasteiger partial charge in [0.2, 0.25) is 0 Å². The van der Waals surface area contributed by atoms with Gasteiger partial charge in [-0.05, 0) is 43.7 Å². The molecule has 0 amide bonds. The fraction of sp³-hybridized carbons (Fsp3) is 0.500. The van der Waals surface area contributed by atoms with Gasteiger partial charge in [-0.25, -0.2) is 0 Å². The van der Waals surface area contributed by atoms with Crippen molar-refractivity contribution in [3.63, 3.8) is 0 Å². The molecule has 2 rings (SSSR count). The molecule has 1 aliphatic heterocycles. The molecule has 0 saturated carbocycles. The molecule has 0 saturated heterocycles. The highest BCUT2D eigenvalue weighted by atomic mass is 32.1. The lowest BCUT2D eigenvalue weighted by molar-refractivity contribution is 0.412. The molecule has 1 aliphatic rings. The van der Waals surface area contributed by atoms with Crippen molar-refractivity contribution in [3.05, 3.63) is 41.2 Å². The molecule has 1 heterocycles. The monoisotopic (exact) mass is 266 g/mol. The number of hydrogen-bond acceptors (Lipinski definition) is 2. The van der Waals surface area contributed by atoms with Crippen LogP contribution in [0, 0.1) is 6.92 Å². The summed E-state index contributed by atoms with van der Waals surface area (Å²) < 4.78 is 5.55. The molecule has 0 unspecified atom stereocenters. The number of fused-ring (bicyclic) bond motifs is 1. The molecule has 2 heteroatoms. The van der Waals surface area contributed by atoms with Crippen LogP contribution >= 0.6 is 12.6 Å². The van der Waals surface area contributed by atoms with E-state index in [9.17, 15) is 0 Å². The van der Waals surface area contributed by atoms with E-state index in [1.54, 1.807) is 0 Å². The zero-order valence-electron chi connectivity index (χ0n) is 12.3. The van der Waals surface area contributed by atoms with Gasteiger partial charge >= 0.3 is 0 Å². The summed E-state index contributed by atoms with van der Waals surface area (Å²) in [5, 5.41) is 0. The Labute approximate surface area is 118 Å². The summed E-state index contributed by atoms with van der Waals surface area (Å²) in [6.07, 6.45) is 4.37. The second-order valence-electron chi connectivity index (χ2n) is 4.26. The molecular formula is C16H26OS. The fourth-order valence-corrected chi connectivity index (χ4v) is 1.44. The van der Waals surface area contributed by atoms with Gasteiger partial charge < -0.3 is 4.74 Å². The standard InChI is InChI=1S/C11H12O.C3H8.C2H6S/c1-8-3-6-11-10(7-8)5-4-9(2)12-11;1-3-2;1-2-3/h3-4,6-7H,5H2,1-2H3;3H2,1-2H3;3H,2H2,1H3. The highest BCUT2D eigenvalue weighted by Crippen LogP contribution is 2.26. The summed E-state index contributed by atoms with van der Waals surface area (Å²) in [6, 6.07) is 6.30. The van der Waals surface area contributed by atoms with E-state index in [0.717, 1.165) is 23.7 Å². The lowest BCUT2D eigenvalue weighted by atomic mass is 10.1. The molecule has 0 atom stereocenters. The van der Waals surface area contributed by atoms with Crippen LogP contribution in [0.25, 0.3) is 0 Å². The number of hydrogen-bond donors (Lipinski definition) is 1. The van der Waals surface area contributed by atoms with E-state index >= 15 is 0 Å². The van der Waals surface area contributed by atoms with Gasteiger partial charge in [0.1, 0.15) is 5.75 Å². The van der Waals surface area contributed by atoms with Crippen molar-refractivity contribution in [3.8, 4) is 5.75 Å². The van der Waals surface area contributed by atoms with Crippen molar-refractivity contribution in [2.24, 2.45) is 0 Å². The Hall–Kier alpha value is -0.890. The van der Waals surface area contributed by atoms with Crippen molar-refractivity contribution in [1.82, 2.24) is 0 Å². The minimum atomic E-state index is 0.944. The van der Waals surface area contributed by atoms with Crippen LogP contribution in [0.5, 0.6) is 5.75 Å². The Morgan fingerprint density at radius 1 is 1.17 bits per heavy atom. The third-order valence-electron chi connectivity index (χ3n) is 2.10. The van der Waals surface area contributed by atoms with Crippen LogP contribution in [0.2, 0.25) is 0 Å². The summed E-state index contributed by atoms with van der Waals surface area (Å²) >= 11 is 3.79. The van der Waals surface area contributed by atoms with Crippen molar-refractivity contribution in [1.29, 1.82) is 0 Å². The van der Waals surface area contributed by atoms with Crippen molar-refractivity contribution < 1.29 is 4.74 Å². The molecule has 1 aromatic rings. The Kier molecular flexibility index (Phi) is 9.57. The van der Waals surface area contributed by atoms with E-state index in [-0.39, 0.29) is 0 Å². The van der Waals surface area contributed by atoms with Gasteiger partial charge in [0.15, 0.2) is 0 Å². The van der Waals surface area contributed by atoms with Crippen molar-refractivity contribution in [2.75, 3.05) is 5.75 Å². The average Bonchev–Trinajstić information content (AvgIpc) is 2.31. The van der Waals surface area contributed by atoms with E-state index < -0.39 is 0 Å². The summed E-state index contributed by atoms with van der Waals surface area (Å²) in [4.78, 5) is 0. The maximum Gasteiger partial charge on any atom is 0.130 e. The van der Waals surface area contributed by atoms with E-state index in [1.807, 2.05) is 19.9 Å². The largest absolute Gasteiger partial charge is 0.462 e. The normalized spacial score (nSPS) is 11.8. The van der Waals surface area contributed by atoms with Gasteiger partial charge in [0, 0.05) is 0 Å². The van der Waals surface area contributed by atoms with Gasteiger partial charge in [-0.2, -0.15) is 12.6 Å². The number of ether oxygens (including phenoxy) is 1. The number of allylic oxidation sites excluding steroid dienone is 2. The van der Waals surface area contributed by atoms with Crippen LogP contribution in [0.4, 0.5) is 0 Å². The number of aryl methyl sites for hydroxylation is 1. The molecule has 0 aliphatic carbocycles. The summed E-state index contributed by atoms with van der Waals surface area (Å²) in [7, 11) is 0. The zero-order valence-corrected chi connectivity index (χ0v) is 13.2. The predicted octanol–water partition coefficient (Wildman–Crippen LogP) is 5.19. The SMILES string of the molecule is CC1=CCc2cc(C)ccc2O1.CCC.CCS. The number of thiol groups is 1. The Morgan fingerprint density at radius 3 is 2.28 bits per heavy atom. The van der Waals surface area contributed by atoms with Crippen LogP contribution in [0.15, 0.2) is 30.0 Å². The van der Waals surface area contributed by atoms with Gasteiger partial charge in [-0.3, -0.25) is 0 Å². The Morgan fingerprint density at radius 2 is 1.72 bits per heavy atom. The highest BCUT2D eigenvalue weighted by Gasteiger charge is 2.08. The van der Waals surface area contributed by atoms with Crippen LogP contribution in [0.3, 0.4) is 0 Å². The summed E-state index contributed by atoms with van der Waals surface area (Å²) in [6.45, 7) is 10.3. The minimum Gasteiger partial charge on any atom is -0.462 e. The molecule has 1 nitrogen and oxygen atoms in total. The van der Waals surface area contributed by atoms with E-state index in [1.165, 1.54) is 17.5 Å². The molecule has 1 aromatic carbocycles. The molecule has 102 valence electrons. The van der Waals surface area contributed by atoms with Gasteiger partial charge in [0.05, 0.1) is 5.76 Å². The molecule has 0 radical (unpaired) electrons. The molecule has 0 N–H and O–H groups in total. The zero-order chi connectivity index (χ0) is 14.0. The maximum atomic E-state index is 5.55. The smallest absolute Gasteiger partial charge is 0.130 e. The van der Waals surface area contributed by atoms with Crippen molar-refractivity contribution >= 4 is 12.6 Å². The maximum absolute atomic E-state index is 5.55. The predicted molar refractivity (Wildman–Crippen MR) is 84.8 cm³/mol. The van der Waals surface area contributed by atoms with Gasteiger partial charge in [0.25, 0.3) is 0 Å². The fourth-order valence-electron chi connectivity index (χ4n) is 1.44. The van der Waals surface area contributed by atoms with Gasteiger partial charge in [-0.15, -0.1) is 0 Å². The first-order chi connectivity index (χ1) is 8.58. The molecule has 0 aromatic heterocycles. The van der Waals surface area contributed by atoms with Gasteiger partial charge in [-0.1, -0.05) is 44.9 Å². The van der Waals surface area contributed by atoms with Crippen molar-refractivity contribution in [2.45, 2.75) is 47.5 Å². The van der Waals surface area contributed by atoms with Crippen LogP contribution in [0.1, 0.15) is 45.2 Å². The molecule has 0 spiro atoms. The third-order valence-corrected chi connectivity index (χ3v) is 2.10. The van der Waals surface area contributed by atoms with Crippen LogP contribution in [-0.2, 0) is 6.42 Å². The second kappa shape index (κ2) is 10.1. The average molecular weight is 266 g/mol. The van der Waals surface area contributed by atoms with E-state index in [4.69, 9.17) is 4.74 Å². The molecule has 18 heavy (non-hydrogen) atoms. The number of rotatable bonds is 0. The van der Waals surface area contributed by atoms with Crippen LogP contribution < -0.4 is 4.74 Å². The topological polar surface area (TPSA) is 9.23 Å². The third kappa shape index (κ3) is 6.75. The van der Waals surface area contributed by atoms with E-state index in [0.29, 0.717) is 0 Å². The first-order valence-corrected chi connectivity index (χ1v) is 7.27. The van der Waals surface area contributed by atoms with E-state index in [2.05, 4.69) is 51.6 Å². The lowest BCUT2D eigenvalue weighted by Crippen LogP contribution is -2.01. The second-order valence-corrected chi connectivity index (χ2v) is 4.89. The molecular weight excluding hydrogens is 240 g/mol. The Bertz CT molecular complexity index is 367. The first kappa shape index (κ1) is 17.1. The quantitative estimate of drug-likeness (QED) is 0.636. The molecule has 0 bridgehead atoms. The summed E-state index contributed by atoms with van der Waals surface area (Å²) in [5.41, 5.74) is 2.59. The molecule has 0 fully saturated rings. The minimum absolute atomic E-state index is 0.944. The van der Waals surface area contributed by atoms with Crippen LogP contribution in [-0.4, -0.2) is 5.75 Å². The lowest BCUT2D eigenvalue weighted by Gasteiger charge is -2.15. The Balaban J connectivity index is 0.000000414. The highest BCUT2D eigenvalue weighted by molar-refractivity contribution is 7.80. The number of benzene rings is 1.